The molecule has 0 bridgehead atoms. The molecule has 1 heterocycles. The van der Waals surface area contributed by atoms with Crippen LogP contribution in [-0.2, 0) is 11.3 Å². The van der Waals surface area contributed by atoms with E-state index in [0.717, 1.165) is 43.7 Å². The molecule has 0 spiro atoms. The summed E-state index contributed by atoms with van der Waals surface area (Å²) in [6, 6.07) is 7.06. The Hall–Kier alpha value is -0.580. The van der Waals surface area contributed by atoms with Crippen LogP contribution in [0, 0.1) is 0 Å². The second-order valence-corrected chi connectivity index (χ2v) is 6.18. The third kappa shape index (κ3) is 4.48. The van der Waals surface area contributed by atoms with E-state index in [1.807, 2.05) is 0 Å². The van der Waals surface area contributed by atoms with E-state index in [4.69, 9.17) is 4.74 Å². The van der Waals surface area contributed by atoms with Crippen molar-refractivity contribution in [3.8, 4) is 0 Å². The number of hydrogen-bond acceptors (Lipinski definition) is 3. The predicted octanol–water partition coefficient (Wildman–Crippen LogP) is 3.17. The summed E-state index contributed by atoms with van der Waals surface area (Å²) in [6.45, 7) is 9.03. The Labute approximate surface area is 124 Å². The Kier molecular flexibility index (Phi) is 5.67. The van der Waals surface area contributed by atoms with Gasteiger partial charge in [-0.3, -0.25) is 0 Å². The molecule has 0 radical (unpaired) electrons. The third-order valence-corrected chi connectivity index (χ3v) is 3.80. The molecule has 1 aliphatic rings. The highest BCUT2D eigenvalue weighted by atomic mass is 79.9. The number of benzene rings is 1. The number of rotatable bonds is 4. The highest BCUT2D eigenvalue weighted by Crippen LogP contribution is 2.26. The topological polar surface area (TPSA) is 24.5 Å². The lowest BCUT2D eigenvalue weighted by Gasteiger charge is -2.25. The molecule has 0 unspecified atom stereocenters. The Balaban J connectivity index is 2.17. The maximum absolute atomic E-state index is 5.55. The van der Waals surface area contributed by atoms with Gasteiger partial charge in [0, 0.05) is 42.4 Å². The van der Waals surface area contributed by atoms with Crippen LogP contribution in [0.4, 0.5) is 5.69 Å². The predicted molar refractivity (Wildman–Crippen MR) is 83.8 cm³/mol. The van der Waals surface area contributed by atoms with Gasteiger partial charge in [-0.2, -0.15) is 0 Å². The third-order valence-electron chi connectivity index (χ3n) is 3.31. The minimum absolute atomic E-state index is 0.504. The minimum Gasteiger partial charge on any atom is -0.380 e. The lowest BCUT2D eigenvalue weighted by atomic mass is 10.1. The van der Waals surface area contributed by atoms with Gasteiger partial charge in [-0.25, -0.2) is 0 Å². The molecule has 1 aromatic rings. The van der Waals surface area contributed by atoms with Gasteiger partial charge in [0.2, 0.25) is 0 Å². The van der Waals surface area contributed by atoms with E-state index in [1.165, 1.54) is 11.3 Å². The van der Waals surface area contributed by atoms with E-state index >= 15 is 0 Å². The van der Waals surface area contributed by atoms with Crippen LogP contribution in [0.1, 0.15) is 25.8 Å². The molecule has 3 nitrogen and oxygen atoms in total. The molecule has 0 amide bonds. The van der Waals surface area contributed by atoms with Crippen molar-refractivity contribution in [3.63, 3.8) is 0 Å². The van der Waals surface area contributed by atoms with E-state index < -0.39 is 0 Å². The zero-order valence-electron chi connectivity index (χ0n) is 11.8. The zero-order chi connectivity index (χ0) is 13.7. The lowest BCUT2D eigenvalue weighted by molar-refractivity contribution is 0.152. The average molecular weight is 327 g/mol. The zero-order valence-corrected chi connectivity index (χ0v) is 13.4. The van der Waals surface area contributed by atoms with Crippen molar-refractivity contribution in [2.45, 2.75) is 32.9 Å². The molecule has 4 heteroatoms. The summed E-state index contributed by atoms with van der Waals surface area (Å²) in [5.74, 6) is 0. The standard InChI is InChI=1S/C15H23BrN2O/c1-12(2)17-11-13-4-5-14(16)10-15(13)18-6-3-8-19-9-7-18/h4-5,10,12,17H,3,6-9,11H2,1-2H3. The Morgan fingerprint density at radius 2 is 2.16 bits per heavy atom. The maximum atomic E-state index is 5.55. The lowest BCUT2D eigenvalue weighted by Crippen LogP contribution is -2.29. The van der Waals surface area contributed by atoms with Crippen LogP contribution in [0.15, 0.2) is 22.7 Å². The van der Waals surface area contributed by atoms with Crippen LogP contribution < -0.4 is 10.2 Å². The maximum Gasteiger partial charge on any atom is 0.0641 e. The van der Waals surface area contributed by atoms with Crippen molar-refractivity contribution >= 4 is 21.6 Å². The normalized spacial score (nSPS) is 16.7. The molecule has 0 atom stereocenters. The molecule has 1 aromatic carbocycles. The summed E-state index contributed by atoms with van der Waals surface area (Å²) < 4.78 is 6.69. The molecule has 19 heavy (non-hydrogen) atoms. The van der Waals surface area contributed by atoms with Gasteiger partial charge in [0.1, 0.15) is 0 Å². The van der Waals surface area contributed by atoms with Crippen LogP contribution >= 0.6 is 15.9 Å². The van der Waals surface area contributed by atoms with Gasteiger partial charge in [-0.15, -0.1) is 0 Å². The first kappa shape index (κ1) is 14.8. The Morgan fingerprint density at radius 3 is 2.95 bits per heavy atom. The summed E-state index contributed by atoms with van der Waals surface area (Å²) in [5, 5.41) is 3.50. The number of hydrogen-bond donors (Lipinski definition) is 1. The van der Waals surface area contributed by atoms with Crippen LogP contribution in [-0.4, -0.2) is 32.3 Å². The fourth-order valence-corrected chi connectivity index (χ4v) is 2.63. The molecule has 0 saturated carbocycles. The molecular weight excluding hydrogens is 304 g/mol. The van der Waals surface area contributed by atoms with Gasteiger partial charge < -0.3 is 15.0 Å². The van der Waals surface area contributed by atoms with Crippen LogP contribution in [0.2, 0.25) is 0 Å². The molecule has 0 aromatic heterocycles. The quantitative estimate of drug-likeness (QED) is 0.919. The first-order chi connectivity index (χ1) is 9.16. The Morgan fingerprint density at radius 1 is 1.32 bits per heavy atom. The van der Waals surface area contributed by atoms with E-state index in [2.05, 4.69) is 58.2 Å². The molecular formula is C15H23BrN2O. The highest BCUT2D eigenvalue weighted by Gasteiger charge is 2.14. The van der Waals surface area contributed by atoms with Crippen LogP contribution in [0.3, 0.4) is 0 Å². The summed E-state index contributed by atoms with van der Waals surface area (Å²) in [4.78, 5) is 2.44. The monoisotopic (exact) mass is 326 g/mol. The number of ether oxygens (including phenoxy) is 1. The van der Waals surface area contributed by atoms with Crippen molar-refractivity contribution in [2.24, 2.45) is 0 Å². The van der Waals surface area contributed by atoms with Crippen molar-refractivity contribution in [1.29, 1.82) is 0 Å². The Bertz CT molecular complexity index is 401. The van der Waals surface area contributed by atoms with E-state index in [-0.39, 0.29) is 0 Å². The second-order valence-electron chi connectivity index (χ2n) is 5.26. The van der Waals surface area contributed by atoms with Crippen molar-refractivity contribution in [2.75, 3.05) is 31.2 Å². The fraction of sp³-hybridized carbons (Fsp3) is 0.600. The minimum atomic E-state index is 0.504. The molecule has 106 valence electrons. The largest absolute Gasteiger partial charge is 0.380 e. The van der Waals surface area contributed by atoms with Crippen molar-refractivity contribution in [1.82, 2.24) is 5.32 Å². The summed E-state index contributed by atoms with van der Waals surface area (Å²) in [7, 11) is 0. The molecule has 0 aliphatic carbocycles. The van der Waals surface area contributed by atoms with Gasteiger partial charge >= 0.3 is 0 Å². The van der Waals surface area contributed by atoms with Gasteiger partial charge in [-0.1, -0.05) is 35.8 Å². The second kappa shape index (κ2) is 7.27. The summed E-state index contributed by atoms with van der Waals surface area (Å²) >= 11 is 3.58. The van der Waals surface area contributed by atoms with E-state index in [9.17, 15) is 0 Å². The van der Waals surface area contributed by atoms with E-state index in [1.54, 1.807) is 0 Å². The molecule has 2 rings (SSSR count). The van der Waals surface area contributed by atoms with Crippen molar-refractivity contribution < 1.29 is 4.74 Å². The van der Waals surface area contributed by atoms with Gasteiger partial charge in [0.05, 0.1) is 6.61 Å². The van der Waals surface area contributed by atoms with Gasteiger partial charge in [0.25, 0.3) is 0 Å². The summed E-state index contributed by atoms with van der Waals surface area (Å²) in [6.07, 6.45) is 1.10. The van der Waals surface area contributed by atoms with E-state index in [0.29, 0.717) is 6.04 Å². The molecule has 1 fully saturated rings. The SMILES string of the molecule is CC(C)NCc1ccc(Br)cc1N1CCCOCC1. The smallest absolute Gasteiger partial charge is 0.0641 e. The highest BCUT2D eigenvalue weighted by molar-refractivity contribution is 9.10. The summed E-state index contributed by atoms with van der Waals surface area (Å²) in [5.41, 5.74) is 2.69. The van der Waals surface area contributed by atoms with Crippen molar-refractivity contribution in [3.05, 3.63) is 28.2 Å². The average Bonchev–Trinajstić information content (AvgIpc) is 2.65. The molecule has 1 N–H and O–H groups in total. The first-order valence-electron chi connectivity index (χ1n) is 7.01. The molecule has 1 saturated heterocycles. The number of nitrogens with zero attached hydrogens (tertiary/aromatic N) is 1. The number of halogens is 1. The van der Waals surface area contributed by atoms with Crippen LogP contribution in [0.25, 0.3) is 0 Å². The molecule has 1 aliphatic heterocycles. The van der Waals surface area contributed by atoms with Crippen LogP contribution in [0.5, 0.6) is 0 Å². The van der Waals surface area contributed by atoms with Gasteiger partial charge in [-0.05, 0) is 24.1 Å². The number of nitrogens with one attached hydrogen (secondary N) is 1. The first-order valence-corrected chi connectivity index (χ1v) is 7.80. The fourth-order valence-electron chi connectivity index (χ4n) is 2.28. The number of anilines is 1. The van der Waals surface area contributed by atoms with Gasteiger partial charge in [0.15, 0.2) is 0 Å².